The summed E-state index contributed by atoms with van der Waals surface area (Å²) >= 11 is 0. The number of aromatic nitrogens is 2. The Labute approximate surface area is 146 Å². The molecule has 0 atom stereocenters. The summed E-state index contributed by atoms with van der Waals surface area (Å²) in [5.74, 6) is 0.653. The SMILES string of the molecule is N#CCn1c(COC(=O)CCC2CCCC2)nc2ccccc2c1=O. The number of hydrogen-bond acceptors (Lipinski definition) is 5. The summed E-state index contributed by atoms with van der Waals surface area (Å²) in [5, 5.41) is 9.43. The van der Waals surface area contributed by atoms with Crippen LogP contribution in [0.15, 0.2) is 29.1 Å². The Balaban J connectivity index is 1.71. The third-order valence-corrected chi connectivity index (χ3v) is 4.76. The number of ether oxygens (including phenoxy) is 1. The molecule has 0 aliphatic heterocycles. The molecule has 1 aromatic carbocycles. The van der Waals surface area contributed by atoms with Crippen molar-refractivity contribution < 1.29 is 9.53 Å². The van der Waals surface area contributed by atoms with Crippen molar-refractivity contribution in [2.75, 3.05) is 0 Å². The molecule has 2 aromatic rings. The largest absolute Gasteiger partial charge is 0.458 e. The van der Waals surface area contributed by atoms with Gasteiger partial charge in [-0.3, -0.25) is 14.2 Å². The van der Waals surface area contributed by atoms with Gasteiger partial charge in [0.1, 0.15) is 13.2 Å². The average molecular weight is 339 g/mol. The first-order valence-electron chi connectivity index (χ1n) is 8.70. The molecule has 0 bridgehead atoms. The van der Waals surface area contributed by atoms with Crippen molar-refractivity contribution in [2.45, 2.75) is 51.7 Å². The van der Waals surface area contributed by atoms with E-state index in [0.29, 0.717) is 29.1 Å². The molecule has 1 aliphatic rings. The quantitative estimate of drug-likeness (QED) is 0.755. The van der Waals surface area contributed by atoms with Crippen LogP contribution in [0.5, 0.6) is 0 Å². The minimum absolute atomic E-state index is 0.0920. The van der Waals surface area contributed by atoms with E-state index in [0.717, 1.165) is 6.42 Å². The summed E-state index contributed by atoms with van der Waals surface area (Å²) in [7, 11) is 0. The molecule has 25 heavy (non-hydrogen) atoms. The van der Waals surface area contributed by atoms with Crippen LogP contribution in [0.1, 0.15) is 44.3 Å². The monoisotopic (exact) mass is 339 g/mol. The Morgan fingerprint density at radius 3 is 2.84 bits per heavy atom. The van der Waals surface area contributed by atoms with Crippen molar-refractivity contribution in [3.8, 4) is 6.07 Å². The lowest BCUT2D eigenvalue weighted by atomic mass is 10.0. The fourth-order valence-electron chi connectivity index (χ4n) is 3.40. The maximum absolute atomic E-state index is 12.5. The molecular formula is C19H21N3O3. The fourth-order valence-corrected chi connectivity index (χ4v) is 3.40. The molecule has 3 rings (SSSR count). The number of nitrogens with zero attached hydrogens (tertiary/aromatic N) is 3. The molecule has 0 N–H and O–H groups in total. The van der Waals surface area contributed by atoms with Crippen LogP contribution in [-0.2, 0) is 22.7 Å². The van der Waals surface area contributed by atoms with E-state index in [9.17, 15) is 9.59 Å². The van der Waals surface area contributed by atoms with Gasteiger partial charge in [0.25, 0.3) is 5.56 Å². The number of hydrogen-bond donors (Lipinski definition) is 0. The van der Waals surface area contributed by atoms with Gasteiger partial charge < -0.3 is 4.74 Å². The van der Waals surface area contributed by atoms with Gasteiger partial charge in [-0.2, -0.15) is 5.26 Å². The Morgan fingerprint density at radius 2 is 2.08 bits per heavy atom. The van der Waals surface area contributed by atoms with Crippen LogP contribution in [0, 0.1) is 17.2 Å². The maximum Gasteiger partial charge on any atom is 0.306 e. The molecule has 6 heteroatoms. The second kappa shape index (κ2) is 7.93. The molecule has 1 heterocycles. The average Bonchev–Trinajstić information content (AvgIpc) is 3.14. The van der Waals surface area contributed by atoms with Crippen LogP contribution < -0.4 is 5.56 Å². The highest BCUT2D eigenvalue weighted by molar-refractivity contribution is 5.77. The summed E-state index contributed by atoms with van der Waals surface area (Å²) in [6.07, 6.45) is 6.14. The van der Waals surface area contributed by atoms with E-state index in [1.165, 1.54) is 30.3 Å². The normalized spacial score (nSPS) is 14.5. The minimum Gasteiger partial charge on any atom is -0.458 e. The second-order valence-electron chi connectivity index (χ2n) is 6.44. The lowest BCUT2D eigenvalue weighted by Gasteiger charge is -2.12. The van der Waals surface area contributed by atoms with Gasteiger partial charge in [-0.1, -0.05) is 37.8 Å². The summed E-state index contributed by atoms with van der Waals surface area (Å²) in [6.45, 7) is -0.211. The standard InChI is InChI=1S/C19H21N3O3/c20-11-12-22-17(21-16-8-4-3-7-15(16)19(22)24)13-25-18(23)10-9-14-5-1-2-6-14/h3-4,7-8,14H,1-2,5-6,9-10,12-13H2. The molecule has 1 fully saturated rings. The third-order valence-electron chi connectivity index (χ3n) is 4.76. The van der Waals surface area contributed by atoms with E-state index < -0.39 is 0 Å². The first-order chi connectivity index (χ1) is 12.2. The number of fused-ring (bicyclic) bond motifs is 1. The smallest absolute Gasteiger partial charge is 0.306 e. The zero-order chi connectivity index (χ0) is 17.6. The number of carbonyl (C=O) groups excluding carboxylic acids is 1. The Hall–Kier alpha value is -2.68. The van der Waals surface area contributed by atoms with E-state index in [1.54, 1.807) is 24.3 Å². The van der Waals surface area contributed by atoms with Crippen molar-refractivity contribution in [3.05, 3.63) is 40.4 Å². The van der Waals surface area contributed by atoms with Gasteiger partial charge in [0.2, 0.25) is 0 Å². The van der Waals surface area contributed by atoms with Crippen LogP contribution in [0.4, 0.5) is 0 Å². The maximum atomic E-state index is 12.5. The van der Waals surface area contributed by atoms with Gasteiger partial charge in [0.15, 0.2) is 5.82 Å². The Kier molecular flexibility index (Phi) is 5.44. The topological polar surface area (TPSA) is 85.0 Å². The highest BCUT2D eigenvalue weighted by Gasteiger charge is 2.17. The number of nitriles is 1. The molecule has 0 spiro atoms. The summed E-state index contributed by atoms with van der Waals surface area (Å²) in [6, 6.07) is 8.92. The lowest BCUT2D eigenvalue weighted by molar-refractivity contribution is -0.145. The molecule has 1 aromatic heterocycles. The van der Waals surface area contributed by atoms with Crippen molar-refractivity contribution in [3.63, 3.8) is 0 Å². The van der Waals surface area contributed by atoms with Crippen molar-refractivity contribution in [1.82, 2.24) is 9.55 Å². The van der Waals surface area contributed by atoms with Crippen molar-refractivity contribution in [2.24, 2.45) is 5.92 Å². The van der Waals surface area contributed by atoms with Crippen LogP contribution >= 0.6 is 0 Å². The van der Waals surface area contributed by atoms with Gasteiger partial charge >= 0.3 is 5.97 Å². The number of para-hydroxylation sites is 1. The lowest BCUT2D eigenvalue weighted by Crippen LogP contribution is -2.26. The molecule has 1 aliphatic carbocycles. The van der Waals surface area contributed by atoms with Crippen LogP contribution in [0.3, 0.4) is 0 Å². The summed E-state index contributed by atoms with van der Waals surface area (Å²) in [5.41, 5.74) is 0.253. The van der Waals surface area contributed by atoms with E-state index >= 15 is 0 Å². The van der Waals surface area contributed by atoms with E-state index in [1.807, 2.05) is 6.07 Å². The van der Waals surface area contributed by atoms with Crippen molar-refractivity contribution >= 4 is 16.9 Å². The first-order valence-corrected chi connectivity index (χ1v) is 8.70. The Bertz CT molecular complexity index is 860. The number of esters is 1. The molecule has 0 radical (unpaired) electrons. The molecule has 1 saturated carbocycles. The van der Waals surface area contributed by atoms with E-state index in [-0.39, 0.29) is 24.7 Å². The predicted octanol–water partition coefficient (Wildman–Crippen LogP) is 2.93. The predicted molar refractivity (Wildman–Crippen MR) is 92.6 cm³/mol. The molecule has 0 saturated heterocycles. The van der Waals surface area contributed by atoms with Crippen LogP contribution in [0.25, 0.3) is 10.9 Å². The van der Waals surface area contributed by atoms with Gasteiger partial charge in [-0.25, -0.2) is 4.98 Å². The molecule has 130 valence electrons. The molecule has 0 unspecified atom stereocenters. The zero-order valence-electron chi connectivity index (χ0n) is 14.1. The first kappa shape index (κ1) is 17.2. The summed E-state index contributed by atoms with van der Waals surface area (Å²) in [4.78, 5) is 28.9. The number of benzene rings is 1. The summed E-state index contributed by atoms with van der Waals surface area (Å²) < 4.78 is 6.58. The second-order valence-corrected chi connectivity index (χ2v) is 6.44. The van der Waals surface area contributed by atoms with E-state index in [2.05, 4.69) is 4.98 Å². The van der Waals surface area contributed by atoms with Gasteiger partial charge in [-0.15, -0.1) is 0 Å². The third kappa shape index (κ3) is 4.05. The van der Waals surface area contributed by atoms with Crippen LogP contribution in [0.2, 0.25) is 0 Å². The number of rotatable bonds is 6. The zero-order valence-corrected chi connectivity index (χ0v) is 14.1. The Morgan fingerprint density at radius 1 is 1.32 bits per heavy atom. The highest BCUT2D eigenvalue weighted by Crippen LogP contribution is 2.28. The molecule has 0 amide bonds. The fraction of sp³-hybridized carbons (Fsp3) is 0.474. The van der Waals surface area contributed by atoms with Gasteiger partial charge in [0.05, 0.1) is 17.0 Å². The highest BCUT2D eigenvalue weighted by atomic mass is 16.5. The van der Waals surface area contributed by atoms with E-state index in [4.69, 9.17) is 10.00 Å². The van der Waals surface area contributed by atoms with Gasteiger partial charge in [0, 0.05) is 6.42 Å². The van der Waals surface area contributed by atoms with Gasteiger partial charge in [-0.05, 0) is 24.5 Å². The van der Waals surface area contributed by atoms with Crippen LogP contribution in [-0.4, -0.2) is 15.5 Å². The number of carbonyl (C=O) groups is 1. The molecule has 6 nitrogen and oxygen atoms in total. The minimum atomic E-state index is -0.288. The van der Waals surface area contributed by atoms with Crippen molar-refractivity contribution in [1.29, 1.82) is 5.26 Å². The molecular weight excluding hydrogens is 318 g/mol.